The molecule has 0 aliphatic heterocycles. The Morgan fingerprint density at radius 3 is 2.36 bits per heavy atom. The molecular weight excluding hydrogens is 442 g/mol. The zero-order valence-corrected chi connectivity index (χ0v) is 19.2. The van der Waals surface area contributed by atoms with Crippen molar-refractivity contribution in [3.63, 3.8) is 0 Å². The van der Waals surface area contributed by atoms with Gasteiger partial charge in [0.1, 0.15) is 5.65 Å². The lowest BCUT2D eigenvalue weighted by atomic mass is 10.1. The van der Waals surface area contributed by atoms with E-state index < -0.39 is 0 Å². The van der Waals surface area contributed by atoms with E-state index in [1.54, 1.807) is 0 Å². The number of fused-ring (bicyclic) bond motifs is 8. The Morgan fingerprint density at radius 1 is 0.556 bits per heavy atom. The first-order valence-corrected chi connectivity index (χ1v) is 12.0. The lowest BCUT2D eigenvalue weighted by Crippen LogP contribution is -1.97. The molecule has 36 heavy (non-hydrogen) atoms. The first-order valence-electron chi connectivity index (χ1n) is 12.0. The van der Waals surface area contributed by atoms with Crippen molar-refractivity contribution in [2.24, 2.45) is 0 Å². The minimum Gasteiger partial charge on any atom is -0.306 e. The Balaban J connectivity index is 1.65. The fourth-order valence-corrected chi connectivity index (χ4v) is 5.60. The number of rotatable bonds is 2. The maximum atomic E-state index is 5.02. The van der Waals surface area contributed by atoms with Gasteiger partial charge in [0.05, 0.1) is 39.3 Å². The first kappa shape index (κ1) is 19.3. The van der Waals surface area contributed by atoms with Gasteiger partial charge in [0.15, 0.2) is 0 Å². The summed E-state index contributed by atoms with van der Waals surface area (Å²) < 4.78 is 4.56. The number of para-hydroxylation sites is 1. The van der Waals surface area contributed by atoms with Crippen molar-refractivity contribution in [3.05, 3.63) is 116 Å². The average Bonchev–Trinajstić information content (AvgIpc) is 3.46. The molecule has 8 rings (SSSR count). The second-order valence-corrected chi connectivity index (χ2v) is 8.99. The largest absolute Gasteiger partial charge is 0.306 e. The molecule has 8 aromatic rings. The van der Waals surface area contributed by atoms with E-state index >= 15 is 0 Å². The number of nitrogens with zero attached hydrogens (tertiary/aromatic N) is 5. The molecule has 5 aromatic heterocycles. The molecule has 3 aromatic carbocycles. The normalized spacial score (nSPS) is 11.9. The molecule has 0 saturated carbocycles. The van der Waals surface area contributed by atoms with Crippen molar-refractivity contribution in [3.8, 4) is 11.4 Å². The summed E-state index contributed by atoms with van der Waals surface area (Å²) in [5.41, 5.74) is 7.24. The molecule has 0 atom stereocenters. The van der Waals surface area contributed by atoms with Crippen molar-refractivity contribution >= 4 is 54.6 Å². The number of hydrogen-bond acceptors (Lipinski definition) is 3. The van der Waals surface area contributed by atoms with Gasteiger partial charge in [-0.15, -0.1) is 0 Å². The number of pyridine rings is 3. The summed E-state index contributed by atoms with van der Waals surface area (Å²) in [6, 6.07) is 31.6. The van der Waals surface area contributed by atoms with Crippen LogP contribution in [-0.4, -0.2) is 24.1 Å². The maximum absolute atomic E-state index is 5.02. The van der Waals surface area contributed by atoms with Crippen LogP contribution in [0.5, 0.6) is 0 Å². The second kappa shape index (κ2) is 7.23. The molecule has 0 spiro atoms. The van der Waals surface area contributed by atoms with Crippen LogP contribution in [0.3, 0.4) is 0 Å². The van der Waals surface area contributed by atoms with Gasteiger partial charge in [-0.3, -0.25) is 14.5 Å². The lowest BCUT2D eigenvalue weighted by Gasteiger charge is -2.12. The van der Waals surface area contributed by atoms with Crippen molar-refractivity contribution < 1.29 is 0 Å². The highest BCUT2D eigenvalue weighted by Gasteiger charge is 2.22. The standard InChI is InChI=1S/C31H19N5/c1-2-10-21(11-3-1)35-27-19-32-17-15-23(27)28-30-24(18-34-31(28)35)29-26(14-7-16-33-29)36(30)25-13-6-9-20-8-4-5-12-22(20)25/h1-19H. The number of hydrogen-bond donors (Lipinski definition) is 0. The average molecular weight is 462 g/mol. The summed E-state index contributed by atoms with van der Waals surface area (Å²) in [5, 5.41) is 5.65. The molecule has 5 nitrogen and oxygen atoms in total. The summed E-state index contributed by atoms with van der Waals surface area (Å²) in [4.78, 5) is 14.3. The summed E-state index contributed by atoms with van der Waals surface area (Å²) in [7, 11) is 0. The van der Waals surface area contributed by atoms with E-state index in [-0.39, 0.29) is 0 Å². The van der Waals surface area contributed by atoms with E-state index in [2.05, 4.69) is 93.0 Å². The summed E-state index contributed by atoms with van der Waals surface area (Å²) in [5.74, 6) is 0. The Labute approximate surface area is 205 Å². The fourth-order valence-electron chi connectivity index (χ4n) is 5.60. The Kier molecular flexibility index (Phi) is 3.88. The summed E-state index contributed by atoms with van der Waals surface area (Å²) in [6.45, 7) is 0. The van der Waals surface area contributed by atoms with Gasteiger partial charge in [-0.2, -0.15) is 0 Å². The van der Waals surface area contributed by atoms with Crippen LogP contribution in [0.2, 0.25) is 0 Å². The fraction of sp³-hybridized carbons (Fsp3) is 0. The van der Waals surface area contributed by atoms with E-state index in [1.807, 2.05) is 36.9 Å². The van der Waals surface area contributed by atoms with Gasteiger partial charge in [0.2, 0.25) is 0 Å². The summed E-state index contributed by atoms with van der Waals surface area (Å²) in [6.07, 6.45) is 7.62. The minimum atomic E-state index is 0.904. The second-order valence-electron chi connectivity index (χ2n) is 8.99. The van der Waals surface area contributed by atoms with Gasteiger partial charge >= 0.3 is 0 Å². The smallest absolute Gasteiger partial charge is 0.147 e. The quantitative estimate of drug-likeness (QED) is 0.273. The van der Waals surface area contributed by atoms with Gasteiger partial charge < -0.3 is 4.57 Å². The third-order valence-electron chi connectivity index (χ3n) is 7.08. The third-order valence-corrected chi connectivity index (χ3v) is 7.08. The molecule has 0 radical (unpaired) electrons. The van der Waals surface area contributed by atoms with Gasteiger partial charge in [-0.1, -0.05) is 54.6 Å². The van der Waals surface area contributed by atoms with Crippen molar-refractivity contribution in [1.29, 1.82) is 0 Å². The van der Waals surface area contributed by atoms with Gasteiger partial charge in [-0.05, 0) is 41.8 Å². The van der Waals surface area contributed by atoms with Crippen LogP contribution in [0, 0.1) is 0 Å². The molecule has 0 aliphatic carbocycles. The van der Waals surface area contributed by atoms with Crippen LogP contribution in [0.15, 0.2) is 116 Å². The maximum Gasteiger partial charge on any atom is 0.147 e. The summed E-state index contributed by atoms with van der Waals surface area (Å²) >= 11 is 0. The van der Waals surface area contributed by atoms with Crippen molar-refractivity contribution in [1.82, 2.24) is 24.1 Å². The SMILES string of the molecule is c1ccc(-n2c3cnccc3c3c2ncc2c4ncccc4n(-c4cccc5ccccc45)c23)cc1. The van der Waals surface area contributed by atoms with E-state index in [9.17, 15) is 0 Å². The van der Waals surface area contributed by atoms with Crippen molar-refractivity contribution in [2.75, 3.05) is 0 Å². The number of aromatic nitrogens is 5. The topological polar surface area (TPSA) is 48.5 Å². The van der Waals surface area contributed by atoms with E-state index in [4.69, 9.17) is 9.97 Å². The third kappa shape index (κ3) is 2.51. The first-order chi connectivity index (χ1) is 17.9. The van der Waals surface area contributed by atoms with Crippen LogP contribution in [0.4, 0.5) is 0 Å². The van der Waals surface area contributed by atoms with Crippen LogP contribution in [0.1, 0.15) is 0 Å². The molecule has 0 aliphatic rings. The van der Waals surface area contributed by atoms with Crippen LogP contribution in [0.25, 0.3) is 66.0 Å². The van der Waals surface area contributed by atoms with E-state index in [0.29, 0.717) is 0 Å². The highest BCUT2D eigenvalue weighted by atomic mass is 15.1. The van der Waals surface area contributed by atoms with E-state index in [1.165, 1.54) is 10.8 Å². The zero-order valence-electron chi connectivity index (χ0n) is 19.2. The van der Waals surface area contributed by atoms with Crippen LogP contribution in [-0.2, 0) is 0 Å². The zero-order chi connectivity index (χ0) is 23.6. The molecule has 0 amide bonds. The van der Waals surface area contributed by atoms with Crippen LogP contribution < -0.4 is 0 Å². The van der Waals surface area contributed by atoms with Gasteiger partial charge in [-0.25, -0.2) is 4.98 Å². The lowest BCUT2D eigenvalue weighted by molar-refractivity contribution is 1.13. The van der Waals surface area contributed by atoms with Crippen molar-refractivity contribution in [2.45, 2.75) is 0 Å². The molecule has 0 fully saturated rings. The Hall–Kier alpha value is -5.03. The molecule has 0 N–H and O–H groups in total. The molecule has 0 saturated heterocycles. The molecule has 0 unspecified atom stereocenters. The Bertz CT molecular complexity index is 2100. The molecular formula is C31H19N5. The molecule has 5 heteroatoms. The molecule has 5 heterocycles. The number of benzene rings is 3. The Morgan fingerprint density at radius 2 is 1.42 bits per heavy atom. The molecule has 168 valence electrons. The highest BCUT2D eigenvalue weighted by molar-refractivity contribution is 6.24. The highest BCUT2D eigenvalue weighted by Crippen LogP contribution is 2.41. The van der Waals surface area contributed by atoms with E-state index in [0.717, 1.165) is 55.2 Å². The minimum absolute atomic E-state index is 0.904. The predicted molar refractivity (Wildman–Crippen MR) is 146 cm³/mol. The predicted octanol–water partition coefficient (Wildman–Crippen LogP) is 7.22. The van der Waals surface area contributed by atoms with Gasteiger partial charge in [0.25, 0.3) is 0 Å². The van der Waals surface area contributed by atoms with Gasteiger partial charge in [0, 0.05) is 40.4 Å². The molecule has 0 bridgehead atoms. The monoisotopic (exact) mass is 461 g/mol. The van der Waals surface area contributed by atoms with Crippen LogP contribution >= 0.6 is 0 Å².